The quantitative estimate of drug-likeness (QED) is 0.676. The molecule has 2 aromatic rings. The predicted octanol–water partition coefficient (Wildman–Crippen LogP) is 3.42. The van der Waals surface area contributed by atoms with Crippen LogP contribution in [-0.2, 0) is 17.0 Å². The molecule has 1 N–H and O–H groups in total. The molecule has 2 rings (SSSR count). The first-order chi connectivity index (χ1) is 9.06. The zero-order valence-electron chi connectivity index (χ0n) is 10.1. The van der Waals surface area contributed by atoms with Gasteiger partial charge in [0.1, 0.15) is 5.15 Å². The first-order valence-electron chi connectivity index (χ1n) is 5.46. The monoisotopic (exact) mass is 314 g/mol. The van der Waals surface area contributed by atoms with Gasteiger partial charge in [-0.3, -0.25) is 4.79 Å². The van der Waals surface area contributed by atoms with E-state index < -0.39 is 5.97 Å². The average Bonchev–Trinajstić information content (AvgIpc) is 2.68. The van der Waals surface area contributed by atoms with Crippen molar-refractivity contribution in [1.29, 1.82) is 0 Å². The molecule has 0 saturated carbocycles. The number of hydrogen-bond acceptors (Lipinski definition) is 5. The minimum atomic E-state index is -0.835. The lowest BCUT2D eigenvalue weighted by atomic mass is 10.3. The highest BCUT2D eigenvalue weighted by Crippen LogP contribution is 2.31. The normalized spacial score (nSPS) is 10.6. The summed E-state index contributed by atoms with van der Waals surface area (Å²) < 4.78 is 0.855. The fourth-order valence-corrected chi connectivity index (χ4v) is 3.91. The Bertz CT molecular complexity index is 601. The van der Waals surface area contributed by atoms with Gasteiger partial charge in [0.15, 0.2) is 4.34 Å². The molecule has 0 bridgehead atoms. The van der Waals surface area contributed by atoms with E-state index in [0.29, 0.717) is 10.9 Å². The first-order valence-corrected chi connectivity index (χ1v) is 7.64. The number of carboxylic acids is 1. The molecule has 0 aliphatic rings. The lowest BCUT2D eigenvalue weighted by Gasteiger charge is -2.00. The number of carboxylic acid groups (broad SMARTS) is 1. The number of thioether (sulfide) groups is 1. The Morgan fingerprint density at radius 2 is 2.37 bits per heavy atom. The van der Waals surface area contributed by atoms with E-state index in [4.69, 9.17) is 16.7 Å². The molecular formula is C12H11ClN2O2S2. The number of hydrogen-bond donors (Lipinski definition) is 1. The third-order valence-corrected chi connectivity index (χ3v) is 5.06. The van der Waals surface area contributed by atoms with Crippen molar-refractivity contribution in [2.45, 2.75) is 23.4 Å². The van der Waals surface area contributed by atoms with Crippen LogP contribution >= 0.6 is 34.7 Å². The van der Waals surface area contributed by atoms with Gasteiger partial charge in [0.05, 0.1) is 12.1 Å². The van der Waals surface area contributed by atoms with Gasteiger partial charge in [-0.05, 0) is 18.6 Å². The molecule has 0 aromatic carbocycles. The van der Waals surface area contributed by atoms with Gasteiger partial charge in [-0.1, -0.05) is 29.4 Å². The van der Waals surface area contributed by atoms with E-state index in [0.717, 1.165) is 20.5 Å². The summed E-state index contributed by atoms with van der Waals surface area (Å²) in [7, 11) is 0. The van der Waals surface area contributed by atoms with Crippen molar-refractivity contribution in [2.24, 2.45) is 0 Å². The summed E-state index contributed by atoms with van der Waals surface area (Å²) in [5, 5.41) is 9.29. The van der Waals surface area contributed by atoms with Crippen molar-refractivity contribution in [1.82, 2.24) is 9.97 Å². The third kappa shape index (κ3) is 3.92. The summed E-state index contributed by atoms with van der Waals surface area (Å²) in [6.45, 7) is 1.83. The van der Waals surface area contributed by atoms with Gasteiger partial charge in [-0.2, -0.15) is 0 Å². The second-order valence-corrected chi connectivity index (χ2v) is 6.46. The average molecular weight is 315 g/mol. The highest BCUT2D eigenvalue weighted by Gasteiger charge is 2.12. The number of rotatable bonds is 5. The van der Waals surface area contributed by atoms with E-state index >= 15 is 0 Å². The summed E-state index contributed by atoms with van der Waals surface area (Å²) in [5.74, 6) is -0.162. The Morgan fingerprint density at radius 1 is 1.58 bits per heavy atom. The van der Waals surface area contributed by atoms with Crippen molar-refractivity contribution in [2.75, 3.05) is 0 Å². The summed E-state index contributed by atoms with van der Waals surface area (Å²) in [4.78, 5) is 19.9. The maximum absolute atomic E-state index is 10.7. The van der Waals surface area contributed by atoms with Crippen LogP contribution in [-0.4, -0.2) is 21.0 Å². The summed E-state index contributed by atoms with van der Waals surface area (Å²) in [6, 6.07) is 3.76. The summed E-state index contributed by atoms with van der Waals surface area (Å²) >= 11 is 8.94. The van der Waals surface area contributed by atoms with E-state index in [1.54, 1.807) is 6.20 Å². The number of aryl methyl sites for hydroxylation is 1. The van der Waals surface area contributed by atoms with Gasteiger partial charge >= 0.3 is 5.97 Å². The van der Waals surface area contributed by atoms with E-state index in [1.807, 2.05) is 19.1 Å². The Hall–Kier alpha value is -1.11. The topological polar surface area (TPSA) is 63.1 Å². The molecule has 2 aromatic heterocycles. The van der Waals surface area contributed by atoms with Crippen molar-refractivity contribution < 1.29 is 9.90 Å². The highest BCUT2D eigenvalue weighted by atomic mass is 35.5. The van der Waals surface area contributed by atoms with Crippen LogP contribution in [0.3, 0.4) is 0 Å². The molecule has 0 spiro atoms. The third-order valence-electron chi connectivity index (χ3n) is 2.37. The van der Waals surface area contributed by atoms with Crippen LogP contribution in [0.1, 0.15) is 16.1 Å². The lowest BCUT2D eigenvalue weighted by molar-refractivity contribution is -0.136. The van der Waals surface area contributed by atoms with Crippen molar-refractivity contribution in [3.63, 3.8) is 0 Å². The maximum Gasteiger partial charge on any atom is 0.308 e. The maximum atomic E-state index is 10.7. The molecule has 0 radical (unpaired) electrons. The van der Waals surface area contributed by atoms with Crippen LogP contribution in [0.5, 0.6) is 0 Å². The fourth-order valence-electron chi connectivity index (χ4n) is 1.43. The van der Waals surface area contributed by atoms with Gasteiger partial charge in [-0.25, -0.2) is 9.97 Å². The lowest BCUT2D eigenvalue weighted by Crippen LogP contribution is -1.99. The number of carbonyl (C=O) groups is 1. The molecule has 19 heavy (non-hydrogen) atoms. The molecule has 100 valence electrons. The molecule has 0 atom stereocenters. The SMILES string of the molecule is Cc1nc(SCc2cccnc2Cl)sc1CC(=O)O. The van der Waals surface area contributed by atoms with Gasteiger partial charge in [0.25, 0.3) is 0 Å². The Kier molecular flexibility index (Phi) is 4.79. The number of nitrogens with zero attached hydrogens (tertiary/aromatic N) is 2. The number of aromatic nitrogens is 2. The Labute approximate surface area is 123 Å². The molecule has 4 nitrogen and oxygen atoms in total. The summed E-state index contributed by atoms with van der Waals surface area (Å²) in [6.07, 6.45) is 1.67. The van der Waals surface area contributed by atoms with Gasteiger partial charge in [0, 0.05) is 16.8 Å². The van der Waals surface area contributed by atoms with E-state index in [9.17, 15) is 4.79 Å². The van der Waals surface area contributed by atoms with Gasteiger partial charge in [-0.15, -0.1) is 11.3 Å². The molecule has 0 aliphatic heterocycles. The molecule has 0 fully saturated rings. The molecule has 0 amide bonds. The number of pyridine rings is 1. The number of halogens is 1. The van der Waals surface area contributed by atoms with Crippen molar-refractivity contribution in [3.8, 4) is 0 Å². The number of thiazole rings is 1. The van der Waals surface area contributed by atoms with Crippen LogP contribution in [0.25, 0.3) is 0 Å². The number of aliphatic carboxylic acids is 1. The Balaban J connectivity index is 2.04. The van der Waals surface area contributed by atoms with Crippen LogP contribution in [0.4, 0.5) is 0 Å². The van der Waals surface area contributed by atoms with Crippen LogP contribution in [0.15, 0.2) is 22.7 Å². The van der Waals surface area contributed by atoms with Crippen molar-refractivity contribution >= 4 is 40.7 Å². The predicted molar refractivity (Wildman–Crippen MR) is 77.0 cm³/mol. The zero-order valence-corrected chi connectivity index (χ0v) is 12.5. The second kappa shape index (κ2) is 6.36. The minimum Gasteiger partial charge on any atom is -0.481 e. The standard InChI is InChI=1S/C12H11ClN2O2S2/c1-7-9(5-10(16)17)19-12(15-7)18-6-8-3-2-4-14-11(8)13/h2-4H,5-6H2,1H3,(H,16,17). The smallest absolute Gasteiger partial charge is 0.308 e. The zero-order chi connectivity index (χ0) is 13.8. The molecular weight excluding hydrogens is 304 g/mol. The van der Waals surface area contributed by atoms with Crippen LogP contribution in [0.2, 0.25) is 5.15 Å². The van der Waals surface area contributed by atoms with E-state index in [2.05, 4.69) is 9.97 Å². The van der Waals surface area contributed by atoms with E-state index in [-0.39, 0.29) is 6.42 Å². The van der Waals surface area contributed by atoms with Gasteiger partial charge in [0.2, 0.25) is 0 Å². The molecule has 2 heterocycles. The molecule has 0 saturated heterocycles. The molecule has 0 unspecified atom stereocenters. The minimum absolute atomic E-state index is 0.0255. The Morgan fingerprint density at radius 3 is 3.05 bits per heavy atom. The largest absolute Gasteiger partial charge is 0.481 e. The highest BCUT2D eigenvalue weighted by molar-refractivity contribution is 8.00. The van der Waals surface area contributed by atoms with Crippen molar-refractivity contribution in [3.05, 3.63) is 39.6 Å². The molecule has 7 heteroatoms. The first kappa shape index (κ1) is 14.3. The molecule has 0 aliphatic carbocycles. The van der Waals surface area contributed by atoms with Gasteiger partial charge < -0.3 is 5.11 Å². The second-order valence-electron chi connectivity index (χ2n) is 3.80. The summed E-state index contributed by atoms with van der Waals surface area (Å²) in [5.41, 5.74) is 1.73. The van der Waals surface area contributed by atoms with E-state index in [1.165, 1.54) is 23.1 Å². The van der Waals surface area contributed by atoms with Crippen LogP contribution < -0.4 is 0 Å². The van der Waals surface area contributed by atoms with Crippen LogP contribution in [0, 0.1) is 6.92 Å². The fraction of sp³-hybridized carbons (Fsp3) is 0.250.